The third-order valence-corrected chi connectivity index (χ3v) is 4.37. The summed E-state index contributed by atoms with van der Waals surface area (Å²) in [6.07, 6.45) is 6.52. The summed E-state index contributed by atoms with van der Waals surface area (Å²) in [4.78, 5) is 0. The van der Waals surface area contributed by atoms with Gasteiger partial charge in [0, 0.05) is 15.5 Å². The van der Waals surface area contributed by atoms with Gasteiger partial charge < -0.3 is 5.32 Å². The molecule has 1 aliphatic carbocycles. The Kier molecular flexibility index (Phi) is 5.53. The summed E-state index contributed by atoms with van der Waals surface area (Å²) in [5, 5.41) is 4.51. The number of hydrogen-bond acceptors (Lipinski definition) is 1. The van der Waals surface area contributed by atoms with E-state index in [4.69, 9.17) is 11.6 Å². The van der Waals surface area contributed by atoms with Crippen LogP contribution in [0.25, 0.3) is 0 Å². The Morgan fingerprint density at radius 3 is 2.89 bits per heavy atom. The normalized spacial score (nSPS) is 16.8. The highest BCUT2D eigenvalue weighted by Crippen LogP contribution is 2.37. The van der Waals surface area contributed by atoms with Crippen molar-refractivity contribution in [3.05, 3.63) is 33.3 Å². The van der Waals surface area contributed by atoms with E-state index in [1.54, 1.807) is 0 Å². The summed E-state index contributed by atoms with van der Waals surface area (Å²) in [7, 11) is 0. The second-order valence-electron chi connectivity index (χ2n) is 5.19. The molecule has 1 fully saturated rings. The Morgan fingerprint density at radius 2 is 2.22 bits per heavy atom. The standard InChI is InChI=1S/C15H21BrClN/c1-2-9-18-15(8-5-11-3-4-11)13-10-12(16)6-7-14(13)17/h6-7,10-11,15,18H,2-5,8-9H2,1H3. The summed E-state index contributed by atoms with van der Waals surface area (Å²) in [6.45, 7) is 3.26. The molecule has 100 valence electrons. The van der Waals surface area contributed by atoms with E-state index in [0.717, 1.165) is 28.4 Å². The lowest BCUT2D eigenvalue weighted by Crippen LogP contribution is -2.22. The van der Waals surface area contributed by atoms with Gasteiger partial charge >= 0.3 is 0 Å². The van der Waals surface area contributed by atoms with Crippen LogP contribution in [-0.4, -0.2) is 6.54 Å². The maximum Gasteiger partial charge on any atom is 0.0454 e. The van der Waals surface area contributed by atoms with Crippen LogP contribution in [0.3, 0.4) is 0 Å². The fourth-order valence-corrected chi connectivity index (χ4v) is 2.90. The molecule has 0 amide bonds. The van der Waals surface area contributed by atoms with Crippen molar-refractivity contribution in [2.24, 2.45) is 5.92 Å². The molecule has 2 rings (SSSR count). The zero-order chi connectivity index (χ0) is 13.0. The predicted molar refractivity (Wildman–Crippen MR) is 82.1 cm³/mol. The van der Waals surface area contributed by atoms with Crippen molar-refractivity contribution in [2.75, 3.05) is 6.54 Å². The smallest absolute Gasteiger partial charge is 0.0454 e. The van der Waals surface area contributed by atoms with Gasteiger partial charge in [0.1, 0.15) is 0 Å². The van der Waals surface area contributed by atoms with Gasteiger partial charge in [-0.3, -0.25) is 0 Å². The van der Waals surface area contributed by atoms with Crippen LogP contribution in [0.2, 0.25) is 5.02 Å². The van der Waals surface area contributed by atoms with Crippen LogP contribution in [0.15, 0.2) is 22.7 Å². The fourth-order valence-electron chi connectivity index (χ4n) is 2.28. The molecular weight excluding hydrogens is 310 g/mol. The second kappa shape index (κ2) is 6.93. The third kappa shape index (κ3) is 4.25. The van der Waals surface area contributed by atoms with Crippen LogP contribution in [0.5, 0.6) is 0 Å². The SMILES string of the molecule is CCCNC(CCC1CC1)c1cc(Br)ccc1Cl. The lowest BCUT2D eigenvalue weighted by molar-refractivity contribution is 0.470. The number of benzene rings is 1. The van der Waals surface area contributed by atoms with Gasteiger partial charge in [-0.25, -0.2) is 0 Å². The summed E-state index contributed by atoms with van der Waals surface area (Å²) in [5.41, 5.74) is 1.24. The van der Waals surface area contributed by atoms with Crippen LogP contribution >= 0.6 is 27.5 Å². The van der Waals surface area contributed by atoms with Gasteiger partial charge in [-0.1, -0.05) is 47.3 Å². The van der Waals surface area contributed by atoms with Crippen LogP contribution in [0.1, 0.15) is 50.6 Å². The van der Waals surface area contributed by atoms with Crippen LogP contribution in [-0.2, 0) is 0 Å². The minimum absolute atomic E-state index is 0.399. The lowest BCUT2D eigenvalue weighted by Gasteiger charge is -2.20. The topological polar surface area (TPSA) is 12.0 Å². The van der Waals surface area contributed by atoms with Crippen molar-refractivity contribution in [1.29, 1.82) is 0 Å². The van der Waals surface area contributed by atoms with E-state index in [-0.39, 0.29) is 0 Å². The van der Waals surface area contributed by atoms with Gasteiger partial charge in [-0.2, -0.15) is 0 Å². The van der Waals surface area contributed by atoms with Gasteiger partial charge in [0.25, 0.3) is 0 Å². The Labute approximate surface area is 123 Å². The molecule has 1 atom stereocenters. The van der Waals surface area contributed by atoms with Crippen LogP contribution in [0, 0.1) is 5.92 Å². The molecule has 0 bridgehead atoms. The molecule has 0 radical (unpaired) electrons. The summed E-state index contributed by atoms with van der Waals surface area (Å²) in [6, 6.07) is 6.54. The monoisotopic (exact) mass is 329 g/mol. The highest BCUT2D eigenvalue weighted by Gasteiger charge is 2.23. The van der Waals surface area contributed by atoms with E-state index >= 15 is 0 Å². The first-order valence-electron chi connectivity index (χ1n) is 6.89. The Bertz CT molecular complexity index is 390. The van der Waals surface area contributed by atoms with Crippen molar-refractivity contribution in [3.8, 4) is 0 Å². The van der Waals surface area contributed by atoms with E-state index in [0.29, 0.717) is 6.04 Å². The first kappa shape index (κ1) is 14.4. The molecule has 1 aromatic rings. The van der Waals surface area contributed by atoms with E-state index in [2.05, 4.69) is 34.2 Å². The fraction of sp³-hybridized carbons (Fsp3) is 0.600. The molecule has 0 spiro atoms. The van der Waals surface area contributed by atoms with Crippen molar-refractivity contribution >= 4 is 27.5 Å². The summed E-state index contributed by atoms with van der Waals surface area (Å²) >= 11 is 9.88. The lowest BCUT2D eigenvalue weighted by atomic mass is 10.00. The zero-order valence-corrected chi connectivity index (χ0v) is 13.2. The highest BCUT2D eigenvalue weighted by molar-refractivity contribution is 9.10. The molecular formula is C15H21BrClN. The maximum atomic E-state index is 6.34. The Morgan fingerprint density at radius 1 is 1.44 bits per heavy atom. The third-order valence-electron chi connectivity index (χ3n) is 3.53. The van der Waals surface area contributed by atoms with E-state index in [1.807, 2.05) is 12.1 Å². The molecule has 18 heavy (non-hydrogen) atoms. The molecule has 1 N–H and O–H groups in total. The average Bonchev–Trinajstić information content (AvgIpc) is 3.17. The molecule has 1 saturated carbocycles. The first-order chi connectivity index (χ1) is 8.70. The molecule has 1 aromatic carbocycles. The minimum Gasteiger partial charge on any atom is -0.310 e. The second-order valence-corrected chi connectivity index (χ2v) is 6.52. The quantitative estimate of drug-likeness (QED) is 0.712. The van der Waals surface area contributed by atoms with Crippen molar-refractivity contribution in [1.82, 2.24) is 5.32 Å². The molecule has 0 saturated heterocycles. The molecule has 0 heterocycles. The van der Waals surface area contributed by atoms with Gasteiger partial charge in [-0.05, 0) is 55.5 Å². The van der Waals surface area contributed by atoms with Crippen molar-refractivity contribution < 1.29 is 0 Å². The molecule has 1 aliphatic rings. The summed E-state index contributed by atoms with van der Waals surface area (Å²) in [5.74, 6) is 0.974. The zero-order valence-electron chi connectivity index (χ0n) is 10.9. The van der Waals surface area contributed by atoms with Crippen LogP contribution < -0.4 is 5.32 Å². The molecule has 3 heteroatoms. The molecule has 0 aliphatic heterocycles. The van der Waals surface area contributed by atoms with E-state index < -0.39 is 0 Å². The number of hydrogen-bond donors (Lipinski definition) is 1. The maximum absolute atomic E-state index is 6.34. The Hall–Kier alpha value is -0.0500. The average molecular weight is 331 g/mol. The first-order valence-corrected chi connectivity index (χ1v) is 8.06. The number of halogens is 2. The molecule has 1 nitrogen and oxygen atoms in total. The van der Waals surface area contributed by atoms with Gasteiger partial charge in [0.15, 0.2) is 0 Å². The molecule has 1 unspecified atom stereocenters. The van der Waals surface area contributed by atoms with Gasteiger partial charge in [0.05, 0.1) is 0 Å². The van der Waals surface area contributed by atoms with E-state index in [9.17, 15) is 0 Å². The predicted octanol–water partition coefficient (Wildman–Crippen LogP) is 5.33. The minimum atomic E-state index is 0.399. The Balaban J connectivity index is 2.06. The van der Waals surface area contributed by atoms with Gasteiger partial charge in [0.2, 0.25) is 0 Å². The van der Waals surface area contributed by atoms with Crippen LogP contribution in [0.4, 0.5) is 0 Å². The van der Waals surface area contributed by atoms with Gasteiger partial charge in [-0.15, -0.1) is 0 Å². The molecule has 0 aromatic heterocycles. The van der Waals surface area contributed by atoms with Crippen molar-refractivity contribution in [3.63, 3.8) is 0 Å². The largest absolute Gasteiger partial charge is 0.310 e. The van der Waals surface area contributed by atoms with Crippen molar-refractivity contribution in [2.45, 2.75) is 45.1 Å². The number of nitrogens with one attached hydrogen (secondary N) is 1. The number of rotatable bonds is 7. The summed E-state index contributed by atoms with van der Waals surface area (Å²) < 4.78 is 1.11. The highest BCUT2D eigenvalue weighted by atomic mass is 79.9. The van der Waals surface area contributed by atoms with E-state index in [1.165, 1.54) is 31.2 Å².